The van der Waals surface area contributed by atoms with Crippen molar-refractivity contribution in [3.63, 3.8) is 0 Å². The Bertz CT molecular complexity index is 1380. The first-order valence-corrected chi connectivity index (χ1v) is 12.3. The van der Waals surface area contributed by atoms with Gasteiger partial charge < -0.3 is 10.2 Å². The fourth-order valence-corrected chi connectivity index (χ4v) is 5.30. The summed E-state index contributed by atoms with van der Waals surface area (Å²) in [7, 11) is -3.69. The topological polar surface area (TPSA) is 105 Å². The molecule has 1 saturated heterocycles. The molecule has 1 fully saturated rings. The Kier molecular flexibility index (Phi) is 5.63. The summed E-state index contributed by atoms with van der Waals surface area (Å²) in [6, 6.07) is 9.42. The standard InChI is InChI=1S/C24H23N5O3S/c30-24(23-11-18-14-25-8-7-22(18)28-23)27-13-17-3-5-20(6-4-17)33(31,32)21-12-19(15-26-16-21)29-9-1-2-10-29/h3-8,11-12,14-16,23H,1-2,9-10,13H2,(H,27,30). The molecule has 2 aromatic heterocycles. The zero-order valence-electron chi connectivity index (χ0n) is 17.9. The molecule has 1 amide bonds. The molecule has 33 heavy (non-hydrogen) atoms. The lowest BCUT2D eigenvalue weighted by Gasteiger charge is -2.17. The van der Waals surface area contributed by atoms with Gasteiger partial charge in [0.1, 0.15) is 6.04 Å². The number of amides is 1. The lowest BCUT2D eigenvalue weighted by molar-refractivity contribution is -0.121. The lowest BCUT2D eigenvalue weighted by Crippen LogP contribution is -2.31. The van der Waals surface area contributed by atoms with Crippen LogP contribution in [0.25, 0.3) is 6.08 Å². The van der Waals surface area contributed by atoms with Gasteiger partial charge in [-0.1, -0.05) is 12.1 Å². The van der Waals surface area contributed by atoms with Crippen LogP contribution < -0.4 is 20.8 Å². The summed E-state index contributed by atoms with van der Waals surface area (Å²) < 4.78 is 26.2. The highest BCUT2D eigenvalue weighted by molar-refractivity contribution is 7.91. The summed E-state index contributed by atoms with van der Waals surface area (Å²) in [4.78, 5) is 27.6. The summed E-state index contributed by atoms with van der Waals surface area (Å²) >= 11 is 0. The minimum Gasteiger partial charge on any atom is -0.370 e. The number of benzene rings is 1. The molecule has 1 unspecified atom stereocenters. The molecule has 168 valence electrons. The van der Waals surface area contributed by atoms with Gasteiger partial charge in [-0.2, -0.15) is 0 Å². The number of carbonyl (C=O) groups is 1. The van der Waals surface area contributed by atoms with E-state index < -0.39 is 15.9 Å². The van der Waals surface area contributed by atoms with Crippen LogP contribution in [-0.4, -0.2) is 43.4 Å². The smallest absolute Gasteiger partial charge is 0.249 e. The van der Waals surface area contributed by atoms with Crippen molar-refractivity contribution in [2.75, 3.05) is 18.0 Å². The molecule has 8 nitrogen and oxygen atoms in total. The molecule has 0 bridgehead atoms. The van der Waals surface area contributed by atoms with Gasteiger partial charge in [0, 0.05) is 43.4 Å². The molecule has 5 rings (SSSR count). The second-order valence-electron chi connectivity index (χ2n) is 8.11. The normalized spacial score (nSPS) is 17.2. The third-order valence-electron chi connectivity index (χ3n) is 5.89. The number of nitrogens with one attached hydrogen (secondary N) is 1. The van der Waals surface area contributed by atoms with Crippen molar-refractivity contribution in [1.82, 2.24) is 15.3 Å². The largest absolute Gasteiger partial charge is 0.370 e. The van der Waals surface area contributed by atoms with E-state index >= 15 is 0 Å². The highest BCUT2D eigenvalue weighted by Crippen LogP contribution is 2.26. The van der Waals surface area contributed by atoms with E-state index in [-0.39, 0.29) is 22.2 Å². The van der Waals surface area contributed by atoms with E-state index in [9.17, 15) is 13.2 Å². The molecule has 0 radical (unpaired) electrons. The molecule has 3 aromatic rings. The van der Waals surface area contributed by atoms with Crippen molar-refractivity contribution in [2.45, 2.75) is 35.2 Å². The third-order valence-corrected chi connectivity index (χ3v) is 7.63. The average molecular weight is 462 g/mol. The zero-order chi connectivity index (χ0) is 22.8. The Morgan fingerprint density at radius 2 is 1.79 bits per heavy atom. The van der Waals surface area contributed by atoms with Crippen molar-refractivity contribution < 1.29 is 13.2 Å². The number of fused-ring (bicyclic) bond motifs is 1. The predicted octanol–water partition coefficient (Wildman–Crippen LogP) is 1.01. The number of pyridine rings is 2. The highest BCUT2D eigenvalue weighted by Gasteiger charge is 2.21. The number of aromatic nitrogens is 2. The lowest BCUT2D eigenvalue weighted by atomic mass is 10.2. The van der Waals surface area contributed by atoms with E-state index in [2.05, 4.69) is 25.2 Å². The molecule has 0 aliphatic carbocycles. The number of sulfone groups is 1. The maximum Gasteiger partial charge on any atom is 0.249 e. The molecule has 1 N–H and O–H groups in total. The molecular formula is C24H23N5O3S. The Morgan fingerprint density at radius 3 is 2.55 bits per heavy atom. The van der Waals surface area contributed by atoms with E-state index in [1.54, 1.807) is 61.1 Å². The second-order valence-corrected chi connectivity index (χ2v) is 10.1. The summed E-state index contributed by atoms with van der Waals surface area (Å²) in [6.07, 6.45) is 10.4. The molecule has 1 atom stereocenters. The Hall–Kier alpha value is -3.59. The molecule has 4 heterocycles. The Balaban J connectivity index is 1.26. The van der Waals surface area contributed by atoms with Gasteiger partial charge in [-0.3, -0.25) is 19.8 Å². The van der Waals surface area contributed by atoms with Gasteiger partial charge >= 0.3 is 0 Å². The van der Waals surface area contributed by atoms with Crippen LogP contribution in [0.5, 0.6) is 0 Å². The first kappa shape index (κ1) is 21.3. The Morgan fingerprint density at radius 1 is 1.00 bits per heavy atom. The summed E-state index contributed by atoms with van der Waals surface area (Å²) in [5.74, 6) is -0.215. The molecular weight excluding hydrogens is 438 g/mol. The molecule has 0 spiro atoms. The maximum atomic E-state index is 13.1. The van der Waals surface area contributed by atoms with Crippen LogP contribution >= 0.6 is 0 Å². The van der Waals surface area contributed by atoms with Crippen LogP contribution in [0.3, 0.4) is 0 Å². The monoisotopic (exact) mass is 461 g/mol. The van der Waals surface area contributed by atoms with E-state index in [0.717, 1.165) is 47.8 Å². The van der Waals surface area contributed by atoms with Crippen molar-refractivity contribution in [2.24, 2.45) is 4.99 Å². The van der Waals surface area contributed by atoms with Crippen LogP contribution in [0.1, 0.15) is 18.4 Å². The first-order chi connectivity index (χ1) is 16.0. The summed E-state index contributed by atoms with van der Waals surface area (Å²) in [5, 5.41) is 4.45. The predicted molar refractivity (Wildman–Crippen MR) is 123 cm³/mol. The van der Waals surface area contributed by atoms with Gasteiger partial charge in [0.15, 0.2) is 0 Å². The van der Waals surface area contributed by atoms with E-state index in [0.29, 0.717) is 0 Å². The fourth-order valence-electron chi connectivity index (χ4n) is 4.06. The number of rotatable bonds is 6. The van der Waals surface area contributed by atoms with Gasteiger partial charge in [0.2, 0.25) is 15.7 Å². The SMILES string of the molecule is O=C(NCc1ccc(S(=O)(=O)c2cncc(N3CCCC3)c2)cc1)C1C=c2cnccc2=N1. The Labute approximate surface area is 191 Å². The van der Waals surface area contributed by atoms with E-state index in [4.69, 9.17) is 0 Å². The van der Waals surface area contributed by atoms with Crippen molar-refractivity contribution in [3.05, 3.63) is 77.3 Å². The van der Waals surface area contributed by atoms with Crippen LogP contribution in [0.2, 0.25) is 0 Å². The number of hydrogen-bond acceptors (Lipinski definition) is 7. The van der Waals surface area contributed by atoms with Gasteiger partial charge in [-0.25, -0.2) is 8.42 Å². The van der Waals surface area contributed by atoms with Crippen molar-refractivity contribution in [1.29, 1.82) is 0 Å². The molecule has 0 saturated carbocycles. The summed E-state index contributed by atoms with van der Waals surface area (Å²) in [5.41, 5.74) is 1.63. The second kappa shape index (κ2) is 8.74. The average Bonchev–Trinajstić information content (AvgIpc) is 3.53. The molecule has 2 aliphatic heterocycles. The molecule has 1 aromatic carbocycles. The fraction of sp³-hybridized carbons (Fsp3) is 0.250. The van der Waals surface area contributed by atoms with Crippen LogP contribution in [0, 0.1) is 0 Å². The highest BCUT2D eigenvalue weighted by atomic mass is 32.2. The summed E-state index contributed by atoms with van der Waals surface area (Å²) in [6.45, 7) is 2.11. The van der Waals surface area contributed by atoms with Gasteiger partial charge in [-0.15, -0.1) is 0 Å². The van der Waals surface area contributed by atoms with Crippen molar-refractivity contribution >= 4 is 27.5 Å². The van der Waals surface area contributed by atoms with E-state index in [1.807, 2.05) is 0 Å². The maximum absolute atomic E-state index is 13.1. The third kappa shape index (κ3) is 4.36. The van der Waals surface area contributed by atoms with Gasteiger partial charge in [0.25, 0.3) is 0 Å². The minimum atomic E-state index is -3.69. The van der Waals surface area contributed by atoms with Crippen LogP contribution in [-0.2, 0) is 21.2 Å². The number of anilines is 1. The molecule has 2 aliphatic rings. The van der Waals surface area contributed by atoms with E-state index in [1.165, 1.54) is 6.20 Å². The zero-order valence-corrected chi connectivity index (χ0v) is 18.7. The number of hydrogen-bond donors (Lipinski definition) is 1. The minimum absolute atomic E-state index is 0.181. The quantitative estimate of drug-likeness (QED) is 0.588. The van der Waals surface area contributed by atoms with Gasteiger partial charge in [-0.05, 0) is 48.7 Å². The van der Waals surface area contributed by atoms with Crippen molar-refractivity contribution in [3.8, 4) is 0 Å². The number of nitrogens with zero attached hydrogens (tertiary/aromatic N) is 4. The molecule has 9 heteroatoms. The van der Waals surface area contributed by atoms with Crippen LogP contribution in [0.4, 0.5) is 5.69 Å². The van der Waals surface area contributed by atoms with Gasteiger partial charge in [0.05, 0.1) is 27.0 Å². The first-order valence-electron chi connectivity index (χ1n) is 10.8. The van der Waals surface area contributed by atoms with Crippen LogP contribution in [0.15, 0.2) is 76.0 Å². The number of carbonyl (C=O) groups excluding carboxylic acids is 1.